The molecule has 26 heavy (non-hydrogen) atoms. The van der Waals surface area contributed by atoms with E-state index in [1.165, 1.54) is 22.5 Å². The van der Waals surface area contributed by atoms with E-state index >= 15 is 0 Å². The van der Waals surface area contributed by atoms with Crippen LogP contribution in [-0.4, -0.2) is 13.2 Å². The molecule has 0 radical (unpaired) electrons. The number of hydrazine groups is 2. The number of benzene rings is 1. The molecule has 142 valence electrons. The van der Waals surface area contributed by atoms with Gasteiger partial charge in [0.1, 0.15) is 0 Å². The van der Waals surface area contributed by atoms with Crippen LogP contribution < -0.4 is 21.7 Å². The van der Waals surface area contributed by atoms with Gasteiger partial charge in [0.15, 0.2) is 6.04 Å². The molecular formula is C18H23F3N4S. The van der Waals surface area contributed by atoms with Crippen molar-refractivity contribution in [3.05, 3.63) is 64.5 Å². The molecule has 2 unspecified atom stereocenters. The highest BCUT2D eigenvalue weighted by atomic mass is 32.1. The van der Waals surface area contributed by atoms with Crippen molar-refractivity contribution in [3.63, 3.8) is 0 Å². The average Bonchev–Trinajstić information content (AvgIpc) is 3.08. The van der Waals surface area contributed by atoms with Gasteiger partial charge < -0.3 is 5.32 Å². The van der Waals surface area contributed by atoms with Crippen LogP contribution in [0.4, 0.5) is 18.9 Å². The summed E-state index contributed by atoms with van der Waals surface area (Å²) in [5.41, 5.74) is 4.64. The van der Waals surface area contributed by atoms with Crippen LogP contribution in [0.5, 0.6) is 0 Å². The molecule has 8 heteroatoms. The summed E-state index contributed by atoms with van der Waals surface area (Å²) in [4.78, 5) is 1.12. The Hall–Kier alpha value is -2.03. The number of alkyl halides is 3. The molecule has 0 spiro atoms. The maximum absolute atomic E-state index is 13.2. The molecule has 0 aliphatic rings. The number of nitrogens with two attached hydrogens (primary N) is 1. The van der Waals surface area contributed by atoms with Crippen molar-refractivity contribution >= 4 is 17.0 Å². The van der Waals surface area contributed by atoms with Crippen molar-refractivity contribution in [3.8, 4) is 0 Å². The van der Waals surface area contributed by atoms with Crippen molar-refractivity contribution in [1.82, 2.24) is 10.7 Å². The van der Waals surface area contributed by atoms with Crippen LogP contribution in [0.25, 0.3) is 0 Å². The Morgan fingerprint density at radius 2 is 1.81 bits per heavy atom. The Morgan fingerprint density at radius 3 is 2.31 bits per heavy atom. The van der Waals surface area contributed by atoms with Crippen molar-refractivity contribution in [2.45, 2.75) is 31.5 Å². The first-order valence-corrected chi connectivity index (χ1v) is 8.98. The Labute approximate surface area is 155 Å². The standard InChI is InChI=1S/C18H23F3N4S/c1-4-14(12-6-8-13(9-7-12)25(22)23-3)15-10-11-16(26-15)17(24-5-2)18(19,20)21/h5-11,14,17,23-24H,2,4,22H2,1,3H3. The highest BCUT2D eigenvalue weighted by Gasteiger charge is 2.41. The van der Waals surface area contributed by atoms with Crippen LogP contribution in [0.3, 0.4) is 0 Å². The molecule has 1 aromatic heterocycles. The summed E-state index contributed by atoms with van der Waals surface area (Å²) in [6.07, 6.45) is -2.52. The van der Waals surface area contributed by atoms with E-state index in [1.54, 1.807) is 13.1 Å². The molecule has 2 aromatic rings. The number of hydrogen-bond acceptors (Lipinski definition) is 5. The van der Waals surface area contributed by atoms with Crippen LogP contribution in [0.15, 0.2) is 49.2 Å². The fourth-order valence-corrected chi connectivity index (χ4v) is 4.07. The largest absolute Gasteiger partial charge is 0.413 e. The molecular weight excluding hydrogens is 361 g/mol. The Morgan fingerprint density at radius 1 is 1.19 bits per heavy atom. The molecule has 0 aliphatic carbocycles. The summed E-state index contributed by atoms with van der Waals surface area (Å²) in [6.45, 7) is 5.37. The van der Waals surface area contributed by atoms with E-state index in [4.69, 9.17) is 5.84 Å². The summed E-state index contributed by atoms with van der Waals surface area (Å²) in [5.74, 6) is 5.80. The summed E-state index contributed by atoms with van der Waals surface area (Å²) in [6, 6.07) is 9.22. The number of hydrogen-bond donors (Lipinski definition) is 3. The van der Waals surface area contributed by atoms with Gasteiger partial charge >= 0.3 is 6.18 Å². The van der Waals surface area contributed by atoms with Gasteiger partial charge in [-0.2, -0.15) is 13.2 Å². The van der Waals surface area contributed by atoms with E-state index in [-0.39, 0.29) is 10.8 Å². The fourth-order valence-electron chi connectivity index (χ4n) is 2.76. The average molecular weight is 384 g/mol. The van der Waals surface area contributed by atoms with Gasteiger partial charge in [0.2, 0.25) is 0 Å². The van der Waals surface area contributed by atoms with Gasteiger partial charge in [-0.15, -0.1) is 11.3 Å². The molecule has 2 atom stereocenters. The second-order valence-corrected chi connectivity index (χ2v) is 6.88. The maximum atomic E-state index is 13.2. The first-order valence-electron chi connectivity index (χ1n) is 8.17. The molecule has 1 aromatic carbocycles. The maximum Gasteiger partial charge on any atom is 0.413 e. The van der Waals surface area contributed by atoms with Gasteiger partial charge in [-0.05, 0) is 42.4 Å². The topological polar surface area (TPSA) is 53.3 Å². The summed E-state index contributed by atoms with van der Waals surface area (Å²) in [7, 11) is 1.71. The first kappa shape index (κ1) is 20.3. The zero-order valence-electron chi connectivity index (χ0n) is 14.7. The molecule has 0 amide bonds. The van der Waals surface area contributed by atoms with Crippen molar-refractivity contribution in [1.29, 1.82) is 0 Å². The second-order valence-electron chi connectivity index (χ2n) is 5.73. The van der Waals surface area contributed by atoms with Gasteiger partial charge in [0.25, 0.3) is 0 Å². The van der Waals surface area contributed by atoms with Gasteiger partial charge in [-0.25, -0.2) is 16.4 Å². The summed E-state index contributed by atoms with van der Waals surface area (Å²) >= 11 is 1.17. The predicted octanol–water partition coefficient (Wildman–Crippen LogP) is 4.44. The third-order valence-electron chi connectivity index (χ3n) is 4.11. The van der Waals surface area contributed by atoms with E-state index in [1.807, 2.05) is 31.2 Å². The van der Waals surface area contributed by atoms with Crippen molar-refractivity contribution < 1.29 is 13.2 Å². The van der Waals surface area contributed by atoms with Gasteiger partial charge in [-0.1, -0.05) is 25.6 Å². The van der Waals surface area contributed by atoms with Crippen LogP contribution in [0, 0.1) is 0 Å². The van der Waals surface area contributed by atoms with Gasteiger partial charge in [0.05, 0.1) is 5.69 Å². The van der Waals surface area contributed by atoms with E-state index in [0.717, 1.165) is 28.7 Å². The molecule has 0 saturated carbocycles. The lowest BCUT2D eigenvalue weighted by molar-refractivity contribution is -0.154. The third kappa shape index (κ3) is 4.57. The molecule has 0 bridgehead atoms. The number of thiophene rings is 1. The first-order chi connectivity index (χ1) is 12.3. The lowest BCUT2D eigenvalue weighted by Gasteiger charge is -2.20. The minimum atomic E-state index is -4.38. The number of nitrogens with zero attached hydrogens (tertiary/aromatic N) is 1. The normalized spacial score (nSPS) is 13.9. The molecule has 1 heterocycles. The van der Waals surface area contributed by atoms with E-state index in [9.17, 15) is 13.2 Å². The zero-order chi connectivity index (χ0) is 19.3. The molecule has 0 fully saturated rings. The van der Waals surface area contributed by atoms with E-state index in [0.29, 0.717) is 0 Å². The Kier molecular flexibility index (Phi) is 6.69. The number of halogens is 3. The highest BCUT2D eigenvalue weighted by molar-refractivity contribution is 7.12. The highest BCUT2D eigenvalue weighted by Crippen LogP contribution is 2.40. The van der Waals surface area contributed by atoms with Crippen LogP contribution in [0.1, 0.15) is 40.6 Å². The van der Waals surface area contributed by atoms with Crippen LogP contribution >= 0.6 is 11.3 Å². The predicted molar refractivity (Wildman–Crippen MR) is 101 cm³/mol. The molecule has 4 N–H and O–H groups in total. The minimum Gasteiger partial charge on any atom is -0.376 e. The molecule has 2 rings (SSSR count). The smallest absolute Gasteiger partial charge is 0.376 e. The lowest BCUT2D eigenvalue weighted by Crippen LogP contribution is -2.41. The number of rotatable bonds is 8. The molecule has 4 nitrogen and oxygen atoms in total. The van der Waals surface area contributed by atoms with Crippen LogP contribution in [-0.2, 0) is 0 Å². The summed E-state index contributed by atoms with van der Waals surface area (Å²) in [5, 5.41) is 3.69. The lowest BCUT2D eigenvalue weighted by atomic mass is 9.95. The quantitative estimate of drug-likeness (QED) is 0.465. The third-order valence-corrected chi connectivity index (χ3v) is 5.37. The number of nitrogens with one attached hydrogen (secondary N) is 2. The molecule has 0 saturated heterocycles. The zero-order valence-corrected chi connectivity index (χ0v) is 15.5. The van der Waals surface area contributed by atoms with Crippen molar-refractivity contribution in [2.24, 2.45) is 5.84 Å². The van der Waals surface area contributed by atoms with Gasteiger partial charge in [0, 0.05) is 22.7 Å². The number of anilines is 1. The van der Waals surface area contributed by atoms with Gasteiger partial charge in [-0.3, -0.25) is 0 Å². The Balaban J connectivity index is 2.28. The SMILES string of the molecule is C=CNC(c1ccc(C(CC)c2ccc(N(N)NC)cc2)s1)C(F)(F)F. The summed E-state index contributed by atoms with van der Waals surface area (Å²) < 4.78 is 39.7. The van der Waals surface area contributed by atoms with Crippen LogP contribution in [0.2, 0.25) is 0 Å². The monoisotopic (exact) mass is 384 g/mol. The fraction of sp³-hybridized carbons (Fsp3) is 0.333. The second kappa shape index (κ2) is 8.57. The van der Waals surface area contributed by atoms with E-state index in [2.05, 4.69) is 17.3 Å². The van der Waals surface area contributed by atoms with E-state index < -0.39 is 12.2 Å². The minimum absolute atomic E-state index is 0.0289. The Bertz CT molecular complexity index is 712. The van der Waals surface area contributed by atoms with Crippen molar-refractivity contribution in [2.75, 3.05) is 12.2 Å². The molecule has 0 aliphatic heterocycles.